The fourth-order valence-corrected chi connectivity index (χ4v) is 7.49. The fourth-order valence-electron chi connectivity index (χ4n) is 5.53. The van der Waals surface area contributed by atoms with Crippen LogP contribution in [0.15, 0.2) is 29.2 Å². The molecule has 3 fully saturated rings. The highest BCUT2D eigenvalue weighted by Crippen LogP contribution is 2.46. The third-order valence-electron chi connectivity index (χ3n) is 7.10. The minimum Gasteiger partial charge on any atom is -0.370 e. The van der Waals surface area contributed by atoms with Gasteiger partial charge in [-0.25, -0.2) is 17.8 Å². The standard InChI is InChI=1S/C23H26Cl2F2N4O3S/c1-14-4-3-8-30(11-14)17-7-9-34-23(17)12-31(13-23)16-10-15(26)22(21(25)20(16)24)35(32,33)29-19-6-2-5-18(27)28-19/h2,5-6,10,14,17H,3-4,7-9,11-13H2,1H3,(H,28,29)/t14-,17+/m1/s1. The highest BCUT2D eigenvalue weighted by atomic mass is 35.5. The van der Waals surface area contributed by atoms with E-state index in [0.717, 1.165) is 31.6 Å². The average molecular weight is 547 g/mol. The molecule has 5 rings (SSSR count). The third kappa shape index (κ3) is 4.59. The predicted octanol–water partition coefficient (Wildman–Crippen LogP) is 4.55. The van der Waals surface area contributed by atoms with Gasteiger partial charge in [0.25, 0.3) is 10.0 Å². The Morgan fingerprint density at radius 2 is 1.97 bits per heavy atom. The zero-order valence-electron chi connectivity index (χ0n) is 19.1. The summed E-state index contributed by atoms with van der Waals surface area (Å²) >= 11 is 12.7. The summed E-state index contributed by atoms with van der Waals surface area (Å²) in [5.74, 6) is -1.61. The summed E-state index contributed by atoms with van der Waals surface area (Å²) < 4.78 is 62.4. The molecule has 2 atom stereocenters. The molecule has 1 N–H and O–H groups in total. The van der Waals surface area contributed by atoms with E-state index < -0.39 is 31.7 Å². The van der Waals surface area contributed by atoms with Crippen molar-refractivity contribution in [2.24, 2.45) is 5.92 Å². The quantitative estimate of drug-likeness (QED) is 0.438. The molecule has 0 unspecified atom stereocenters. The van der Waals surface area contributed by atoms with Gasteiger partial charge in [-0.05, 0) is 43.9 Å². The van der Waals surface area contributed by atoms with Crippen LogP contribution in [-0.2, 0) is 14.8 Å². The van der Waals surface area contributed by atoms with Crippen LogP contribution in [0.25, 0.3) is 0 Å². The van der Waals surface area contributed by atoms with E-state index >= 15 is 4.39 Å². The lowest BCUT2D eigenvalue weighted by Gasteiger charge is -2.54. The van der Waals surface area contributed by atoms with Crippen molar-refractivity contribution in [3.05, 3.63) is 46.1 Å². The van der Waals surface area contributed by atoms with Gasteiger partial charge in [0, 0.05) is 25.3 Å². The van der Waals surface area contributed by atoms with Crippen molar-refractivity contribution in [2.75, 3.05) is 42.4 Å². The second-order valence-electron chi connectivity index (χ2n) is 9.60. The van der Waals surface area contributed by atoms with E-state index in [1.54, 1.807) is 0 Å². The van der Waals surface area contributed by atoms with Gasteiger partial charge in [0.05, 0.1) is 28.8 Å². The van der Waals surface area contributed by atoms with Gasteiger partial charge < -0.3 is 9.64 Å². The van der Waals surface area contributed by atoms with Crippen molar-refractivity contribution in [3.63, 3.8) is 0 Å². The molecule has 0 radical (unpaired) electrons. The maximum Gasteiger partial charge on any atom is 0.267 e. The molecule has 1 aromatic carbocycles. The fraction of sp³-hybridized carbons (Fsp3) is 0.522. The van der Waals surface area contributed by atoms with Gasteiger partial charge in [-0.15, -0.1) is 0 Å². The topological polar surface area (TPSA) is 74.8 Å². The van der Waals surface area contributed by atoms with Crippen LogP contribution in [0.5, 0.6) is 0 Å². The molecule has 12 heteroatoms. The molecule has 1 aromatic heterocycles. The molecule has 0 bridgehead atoms. The number of piperidine rings is 1. The summed E-state index contributed by atoms with van der Waals surface area (Å²) in [5, 5.41) is -0.517. The zero-order valence-corrected chi connectivity index (χ0v) is 21.4. The number of hydrogen-bond acceptors (Lipinski definition) is 6. The van der Waals surface area contributed by atoms with E-state index in [0.29, 0.717) is 31.3 Å². The average Bonchev–Trinajstić information content (AvgIpc) is 3.20. The Hall–Kier alpha value is -1.72. The Kier molecular flexibility index (Phi) is 6.63. The van der Waals surface area contributed by atoms with E-state index in [-0.39, 0.29) is 22.5 Å². The minimum absolute atomic E-state index is 0.0726. The molecule has 0 saturated carbocycles. The van der Waals surface area contributed by atoms with Crippen LogP contribution in [-0.4, -0.2) is 62.7 Å². The van der Waals surface area contributed by atoms with Gasteiger partial charge in [0.1, 0.15) is 22.1 Å². The van der Waals surface area contributed by atoms with E-state index in [1.807, 2.05) is 9.62 Å². The van der Waals surface area contributed by atoms with E-state index in [9.17, 15) is 12.8 Å². The van der Waals surface area contributed by atoms with Crippen molar-refractivity contribution < 1.29 is 21.9 Å². The Labute approximate surface area is 213 Å². The minimum atomic E-state index is -4.52. The molecule has 190 valence electrons. The number of anilines is 2. The summed E-state index contributed by atoms with van der Waals surface area (Å²) in [5.41, 5.74) is -0.0533. The van der Waals surface area contributed by atoms with Gasteiger partial charge in [-0.1, -0.05) is 36.2 Å². The number of nitrogens with one attached hydrogen (secondary N) is 1. The van der Waals surface area contributed by atoms with Crippen LogP contribution in [0.4, 0.5) is 20.3 Å². The number of likely N-dealkylation sites (tertiary alicyclic amines) is 1. The molecule has 3 saturated heterocycles. The lowest BCUT2D eigenvalue weighted by atomic mass is 9.83. The molecule has 1 spiro atoms. The molecule has 4 heterocycles. The summed E-state index contributed by atoms with van der Waals surface area (Å²) in [4.78, 5) is 7.00. The maximum absolute atomic E-state index is 15.1. The second-order valence-corrected chi connectivity index (χ2v) is 12.0. The number of benzene rings is 1. The van der Waals surface area contributed by atoms with Crippen LogP contribution >= 0.6 is 23.2 Å². The number of ether oxygens (including phenoxy) is 1. The van der Waals surface area contributed by atoms with Gasteiger partial charge in [-0.2, -0.15) is 4.39 Å². The zero-order chi connectivity index (χ0) is 25.0. The largest absolute Gasteiger partial charge is 0.370 e. The smallest absolute Gasteiger partial charge is 0.267 e. The first-order valence-electron chi connectivity index (χ1n) is 11.6. The third-order valence-corrected chi connectivity index (χ3v) is 9.48. The summed E-state index contributed by atoms with van der Waals surface area (Å²) in [6.07, 6.45) is 3.34. The SMILES string of the molecule is C[C@@H]1CCCN([C@H]2CCOC23CN(c2cc(F)c(S(=O)(=O)Nc4cccc(F)n4)c(Cl)c2Cl)C3)C1. The number of sulfonamides is 1. The van der Waals surface area contributed by atoms with Gasteiger partial charge >= 0.3 is 0 Å². The highest BCUT2D eigenvalue weighted by molar-refractivity contribution is 7.92. The molecule has 3 aliphatic heterocycles. The van der Waals surface area contributed by atoms with E-state index in [1.165, 1.54) is 25.0 Å². The van der Waals surface area contributed by atoms with Crippen LogP contribution < -0.4 is 9.62 Å². The molecular weight excluding hydrogens is 521 g/mol. The Balaban J connectivity index is 1.37. The van der Waals surface area contributed by atoms with Crippen molar-refractivity contribution >= 4 is 44.7 Å². The summed E-state index contributed by atoms with van der Waals surface area (Å²) in [6.45, 7) is 6.03. The molecule has 0 aliphatic carbocycles. The molecule has 7 nitrogen and oxygen atoms in total. The second kappa shape index (κ2) is 9.30. The maximum atomic E-state index is 15.1. The lowest BCUT2D eigenvalue weighted by Crippen LogP contribution is -2.70. The van der Waals surface area contributed by atoms with Crippen molar-refractivity contribution in [3.8, 4) is 0 Å². The van der Waals surface area contributed by atoms with Gasteiger partial charge in [0.15, 0.2) is 0 Å². The van der Waals surface area contributed by atoms with Crippen LogP contribution in [0.1, 0.15) is 26.2 Å². The lowest BCUT2D eigenvalue weighted by molar-refractivity contribution is -0.0656. The number of rotatable bonds is 5. The number of aromatic nitrogens is 1. The van der Waals surface area contributed by atoms with Crippen LogP contribution in [0, 0.1) is 17.7 Å². The molecule has 2 aromatic rings. The first-order valence-corrected chi connectivity index (χ1v) is 13.8. The predicted molar refractivity (Wildman–Crippen MR) is 131 cm³/mol. The molecule has 3 aliphatic rings. The Morgan fingerprint density at radius 1 is 1.20 bits per heavy atom. The number of nitrogens with zero attached hydrogens (tertiary/aromatic N) is 3. The Morgan fingerprint density at radius 3 is 2.69 bits per heavy atom. The van der Waals surface area contributed by atoms with Crippen molar-refractivity contribution in [1.82, 2.24) is 9.88 Å². The normalized spacial score (nSPS) is 24.5. The summed E-state index contributed by atoms with van der Waals surface area (Å²) in [7, 11) is -4.52. The molecular formula is C23H26Cl2F2N4O3S. The van der Waals surface area contributed by atoms with Gasteiger partial charge in [0.2, 0.25) is 5.95 Å². The monoisotopic (exact) mass is 546 g/mol. The van der Waals surface area contributed by atoms with E-state index in [4.69, 9.17) is 27.9 Å². The molecule has 0 amide bonds. The highest BCUT2D eigenvalue weighted by Gasteiger charge is 2.55. The summed E-state index contributed by atoms with van der Waals surface area (Å²) in [6, 6.07) is 4.92. The van der Waals surface area contributed by atoms with Crippen molar-refractivity contribution in [2.45, 2.75) is 42.7 Å². The number of halogens is 4. The van der Waals surface area contributed by atoms with E-state index in [2.05, 4.69) is 16.8 Å². The number of pyridine rings is 1. The van der Waals surface area contributed by atoms with Crippen molar-refractivity contribution in [1.29, 1.82) is 0 Å². The molecule has 35 heavy (non-hydrogen) atoms. The van der Waals surface area contributed by atoms with Crippen LogP contribution in [0.2, 0.25) is 10.0 Å². The first kappa shape index (κ1) is 25.0. The Bertz CT molecular complexity index is 1240. The van der Waals surface area contributed by atoms with Crippen LogP contribution in [0.3, 0.4) is 0 Å². The first-order chi connectivity index (χ1) is 16.6. The number of hydrogen-bond donors (Lipinski definition) is 1. The van der Waals surface area contributed by atoms with Gasteiger partial charge in [-0.3, -0.25) is 9.62 Å².